The standard InChI is InChI=1S/C28H29N7O4S/c1-34-16-22(15-31-34)21-13-25(26(29)30-14-21)27(36)32-24-9-10-35(17-24)28(37)20-7-3-5-18(11-20)19-6-4-8-23(12-19)33-40(2,38)39/h3-8,11-16,24,33H,9-10,17H2,1-2H3,(H2,29,30)(H,32,36)/t24-/m1/s1. The van der Waals surface area contributed by atoms with Crippen LogP contribution < -0.4 is 15.8 Å². The molecule has 1 aliphatic heterocycles. The van der Waals surface area contributed by atoms with E-state index in [0.717, 1.165) is 28.5 Å². The molecule has 0 radical (unpaired) electrons. The zero-order valence-electron chi connectivity index (χ0n) is 22.0. The second-order valence-electron chi connectivity index (χ2n) is 9.81. The molecule has 5 rings (SSSR count). The van der Waals surface area contributed by atoms with Crippen LogP contribution in [0.4, 0.5) is 11.5 Å². The minimum absolute atomic E-state index is 0.128. The van der Waals surface area contributed by atoms with E-state index in [1.807, 2.05) is 25.4 Å². The van der Waals surface area contributed by atoms with E-state index in [0.29, 0.717) is 30.8 Å². The van der Waals surface area contributed by atoms with Crippen molar-refractivity contribution in [3.63, 3.8) is 0 Å². The smallest absolute Gasteiger partial charge is 0.255 e. The number of nitrogens with one attached hydrogen (secondary N) is 2. The Labute approximate surface area is 232 Å². The number of hydrogen-bond donors (Lipinski definition) is 3. The molecule has 1 fully saturated rings. The number of carbonyl (C=O) groups excluding carboxylic acids is 2. The Balaban J connectivity index is 1.26. The predicted molar refractivity (Wildman–Crippen MR) is 153 cm³/mol. The number of nitrogen functional groups attached to an aromatic ring is 1. The summed E-state index contributed by atoms with van der Waals surface area (Å²) in [4.78, 5) is 32.3. The number of amides is 2. The zero-order chi connectivity index (χ0) is 28.4. The molecule has 2 amide bonds. The maximum Gasteiger partial charge on any atom is 0.255 e. The molecule has 0 unspecified atom stereocenters. The van der Waals surface area contributed by atoms with Crippen LogP contribution in [0.3, 0.4) is 0 Å². The maximum absolute atomic E-state index is 13.3. The van der Waals surface area contributed by atoms with Gasteiger partial charge < -0.3 is 16.0 Å². The predicted octanol–water partition coefficient (Wildman–Crippen LogP) is 2.75. The van der Waals surface area contributed by atoms with Gasteiger partial charge in [-0.1, -0.05) is 24.3 Å². The number of rotatable bonds is 7. The van der Waals surface area contributed by atoms with E-state index in [9.17, 15) is 18.0 Å². The lowest BCUT2D eigenvalue weighted by Crippen LogP contribution is -2.38. The zero-order valence-corrected chi connectivity index (χ0v) is 22.9. The van der Waals surface area contributed by atoms with Crippen LogP contribution in [0.15, 0.2) is 73.2 Å². The first-order valence-electron chi connectivity index (χ1n) is 12.6. The number of hydrogen-bond acceptors (Lipinski definition) is 7. The summed E-state index contributed by atoms with van der Waals surface area (Å²) in [6, 6.07) is 15.6. The van der Waals surface area contributed by atoms with Crippen molar-refractivity contribution in [2.45, 2.75) is 12.5 Å². The number of sulfonamides is 1. The van der Waals surface area contributed by atoms with E-state index < -0.39 is 10.0 Å². The van der Waals surface area contributed by atoms with Gasteiger partial charge in [0.25, 0.3) is 11.8 Å². The van der Waals surface area contributed by atoms with Crippen LogP contribution in [-0.2, 0) is 17.1 Å². The first kappa shape index (κ1) is 26.9. The lowest BCUT2D eigenvalue weighted by atomic mass is 10.0. The Bertz CT molecular complexity index is 1700. The SMILES string of the molecule is Cn1cc(-c2cnc(N)c(C(=O)N[C@@H]3CCN(C(=O)c4cccc(-c5cccc(NS(C)(=O)=O)c5)c4)C3)c2)cn1. The number of anilines is 2. The highest BCUT2D eigenvalue weighted by molar-refractivity contribution is 7.92. The Hall–Kier alpha value is -4.71. The Kier molecular flexibility index (Phi) is 7.26. The largest absolute Gasteiger partial charge is 0.383 e. The fraction of sp³-hybridized carbons (Fsp3) is 0.214. The van der Waals surface area contributed by atoms with Crippen molar-refractivity contribution in [2.75, 3.05) is 29.8 Å². The van der Waals surface area contributed by atoms with Gasteiger partial charge in [0.2, 0.25) is 10.0 Å². The number of carbonyl (C=O) groups is 2. The van der Waals surface area contributed by atoms with Crippen molar-refractivity contribution in [1.82, 2.24) is 25.0 Å². The van der Waals surface area contributed by atoms with Gasteiger partial charge in [-0.25, -0.2) is 13.4 Å². The van der Waals surface area contributed by atoms with Crippen LogP contribution in [0, 0.1) is 0 Å². The quantitative estimate of drug-likeness (QED) is 0.315. The van der Waals surface area contributed by atoms with Crippen molar-refractivity contribution in [3.05, 3.63) is 84.3 Å². The molecule has 0 bridgehead atoms. The fourth-order valence-corrected chi connectivity index (χ4v) is 5.26. The number of aromatic nitrogens is 3. The Morgan fingerprint density at radius 1 is 1.00 bits per heavy atom. The molecule has 2 aromatic heterocycles. The lowest BCUT2D eigenvalue weighted by molar-refractivity contribution is 0.0783. The van der Waals surface area contributed by atoms with E-state index in [1.165, 1.54) is 0 Å². The van der Waals surface area contributed by atoms with Crippen LogP contribution >= 0.6 is 0 Å². The molecular formula is C28H29N7O4S. The summed E-state index contributed by atoms with van der Waals surface area (Å²) in [6.45, 7) is 0.851. The first-order valence-corrected chi connectivity index (χ1v) is 14.5. The van der Waals surface area contributed by atoms with Crippen LogP contribution in [-0.4, -0.2) is 65.3 Å². The first-order chi connectivity index (χ1) is 19.1. The van der Waals surface area contributed by atoms with E-state index in [2.05, 4.69) is 20.1 Å². The summed E-state index contributed by atoms with van der Waals surface area (Å²) in [5, 5.41) is 7.15. The highest BCUT2D eigenvalue weighted by Gasteiger charge is 2.29. The summed E-state index contributed by atoms with van der Waals surface area (Å²) in [7, 11) is -1.60. The average molecular weight is 560 g/mol. The summed E-state index contributed by atoms with van der Waals surface area (Å²) in [6.07, 6.45) is 6.81. The number of likely N-dealkylation sites (tertiary alicyclic amines) is 1. The summed E-state index contributed by atoms with van der Waals surface area (Å²) >= 11 is 0. The van der Waals surface area contributed by atoms with Crippen LogP contribution in [0.25, 0.3) is 22.3 Å². The number of nitrogens with two attached hydrogens (primary N) is 1. The van der Waals surface area contributed by atoms with Crippen molar-refractivity contribution >= 4 is 33.3 Å². The van der Waals surface area contributed by atoms with Gasteiger partial charge in [0.05, 0.1) is 18.0 Å². The summed E-state index contributed by atoms with van der Waals surface area (Å²) in [5.41, 5.74) is 10.3. The molecule has 11 nitrogen and oxygen atoms in total. The number of nitrogens with zero attached hydrogens (tertiary/aromatic N) is 4. The normalized spacial score (nSPS) is 15.2. The third-order valence-electron chi connectivity index (χ3n) is 6.62. The molecule has 206 valence electrons. The highest BCUT2D eigenvalue weighted by Crippen LogP contribution is 2.26. The van der Waals surface area contributed by atoms with Crippen LogP contribution in [0.5, 0.6) is 0 Å². The second kappa shape index (κ2) is 10.8. The second-order valence-corrected chi connectivity index (χ2v) is 11.6. The number of benzene rings is 2. The molecule has 4 N–H and O–H groups in total. The molecule has 2 aromatic carbocycles. The van der Waals surface area contributed by atoms with Crippen molar-refractivity contribution in [2.24, 2.45) is 7.05 Å². The molecule has 1 atom stereocenters. The van der Waals surface area contributed by atoms with E-state index >= 15 is 0 Å². The molecule has 0 aliphatic carbocycles. The molecule has 40 heavy (non-hydrogen) atoms. The molecule has 3 heterocycles. The molecular weight excluding hydrogens is 530 g/mol. The maximum atomic E-state index is 13.3. The van der Waals surface area contributed by atoms with E-state index in [4.69, 9.17) is 5.73 Å². The van der Waals surface area contributed by atoms with Gasteiger partial charge in [-0.15, -0.1) is 0 Å². The van der Waals surface area contributed by atoms with Gasteiger partial charge >= 0.3 is 0 Å². The van der Waals surface area contributed by atoms with Gasteiger partial charge in [0, 0.05) is 61.0 Å². The fourth-order valence-electron chi connectivity index (χ4n) is 4.70. The monoisotopic (exact) mass is 559 g/mol. The average Bonchev–Trinajstić information content (AvgIpc) is 3.57. The highest BCUT2D eigenvalue weighted by atomic mass is 32.2. The number of pyridine rings is 1. The number of aryl methyl sites for hydroxylation is 1. The van der Waals surface area contributed by atoms with Gasteiger partial charge in [0.15, 0.2) is 0 Å². The molecule has 0 saturated carbocycles. The topological polar surface area (TPSA) is 152 Å². The van der Waals surface area contributed by atoms with Gasteiger partial charge in [-0.2, -0.15) is 5.10 Å². The van der Waals surface area contributed by atoms with Gasteiger partial charge in [-0.05, 0) is 47.9 Å². The van der Waals surface area contributed by atoms with Crippen molar-refractivity contribution in [3.8, 4) is 22.3 Å². The van der Waals surface area contributed by atoms with Crippen molar-refractivity contribution < 1.29 is 18.0 Å². The minimum Gasteiger partial charge on any atom is -0.383 e. The van der Waals surface area contributed by atoms with Crippen LogP contribution in [0.1, 0.15) is 27.1 Å². The van der Waals surface area contributed by atoms with Gasteiger partial charge in [0.1, 0.15) is 5.82 Å². The van der Waals surface area contributed by atoms with E-state index in [1.54, 1.807) is 64.4 Å². The van der Waals surface area contributed by atoms with E-state index in [-0.39, 0.29) is 29.2 Å². The summed E-state index contributed by atoms with van der Waals surface area (Å²) in [5.74, 6) is -0.368. The Morgan fingerprint density at radius 2 is 1.75 bits per heavy atom. The summed E-state index contributed by atoms with van der Waals surface area (Å²) < 4.78 is 27.3. The Morgan fingerprint density at radius 3 is 2.48 bits per heavy atom. The molecule has 4 aromatic rings. The molecule has 12 heteroatoms. The third-order valence-corrected chi connectivity index (χ3v) is 7.23. The van der Waals surface area contributed by atoms with Crippen LogP contribution in [0.2, 0.25) is 0 Å². The lowest BCUT2D eigenvalue weighted by Gasteiger charge is -2.18. The minimum atomic E-state index is -3.41. The molecule has 1 saturated heterocycles. The molecule has 0 spiro atoms. The third kappa shape index (κ3) is 6.12. The van der Waals surface area contributed by atoms with Crippen molar-refractivity contribution in [1.29, 1.82) is 0 Å². The van der Waals surface area contributed by atoms with Gasteiger partial charge in [-0.3, -0.25) is 19.0 Å². The molecule has 1 aliphatic rings.